The highest BCUT2D eigenvalue weighted by Crippen LogP contribution is 2.31. The number of anilines is 1. The molecule has 1 atom stereocenters. The summed E-state index contributed by atoms with van der Waals surface area (Å²) in [4.78, 5) is 50.0. The lowest BCUT2D eigenvalue weighted by atomic mass is 10.0. The Balaban J connectivity index is 1.43. The Labute approximate surface area is 176 Å². The van der Waals surface area contributed by atoms with E-state index >= 15 is 0 Å². The highest BCUT2D eigenvalue weighted by molar-refractivity contribution is 7.08. The molecular formula is C21H17N5O3S. The predicted octanol–water partition coefficient (Wildman–Crippen LogP) is 2.12. The minimum atomic E-state index is -0.760. The fourth-order valence-corrected chi connectivity index (χ4v) is 4.48. The van der Waals surface area contributed by atoms with Crippen molar-refractivity contribution < 1.29 is 14.4 Å². The van der Waals surface area contributed by atoms with Crippen molar-refractivity contribution >= 4 is 34.7 Å². The van der Waals surface area contributed by atoms with Crippen LogP contribution in [0.25, 0.3) is 11.1 Å². The molecule has 0 aliphatic carbocycles. The third-order valence-electron chi connectivity index (χ3n) is 5.38. The van der Waals surface area contributed by atoms with Gasteiger partial charge in [-0.1, -0.05) is 6.07 Å². The van der Waals surface area contributed by atoms with Crippen LogP contribution in [0, 0.1) is 0 Å². The van der Waals surface area contributed by atoms with E-state index in [1.165, 1.54) is 18.6 Å². The topological polar surface area (TPSA) is 95.5 Å². The molecule has 0 bridgehead atoms. The van der Waals surface area contributed by atoms with Crippen LogP contribution >= 0.6 is 11.3 Å². The van der Waals surface area contributed by atoms with E-state index in [2.05, 4.69) is 15.3 Å². The van der Waals surface area contributed by atoms with Gasteiger partial charge in [0, 0.05) is 25.5 Å². The number of nitrogens with one attached hydrogen (secondary N) is 1. The minimum Gasteiger partial charge on any atom is -0.333 e. The van der Waals surface area contributed by atoms with Crippen molar-refractivity contribution in [2.24, 2.45) is 0 Å². The summed E-state index contributed by atoms with van der Waals surface area (Å²) in [5, 5.41) is 6.85. The Kier molecular flexibility index (Phi) is 4.51. The van der Waals surface area contributed by atoms with Crippen LogP contribution in [0.2, 0.25) is 0 Å². The van der Waals surface area contributed by atoms with E-state index in [-0.39, 0.29) is 36.5 Å². The molecule has 1 aromatic carbocycles. The predicted molar refractivity (Wildman–Crippen MR) is 111 cm³/mol. The molecule has 150 valence electrons. The zero-order valence-corrected chi connectivity index (χ0v) is 16.6. The fraction of sp³-hybridized carbons (Fsp3) is 0.190. The van der Waals surface area contributed by atoms with Gasteiger partial charge in [-0.05, 0) is 40.1 Å². The van der Waals surface area contributed by atoms with Crippen molar-refractivity contribution in [3.05, 3.63) is 64.9 Å². The lowest BCUT2D eigenvalue weighted by Gasteiger charge is -2.39. The molecule has 1 N–H and O–H groups in total. The molecular weight excluding hydrogens is 402 g/mol. The van der Waals surface area contributed by atoms with Gasteiger partial charge < -0.3 is 15.1 Å². The number of nitrogens with zero attached hydrogens (tertiary/aromatic N) is 4. The maximum absolute atomic E-state index is 13.3. The lowest BCUT2D eigenvalue weighted by molar-refractivity contribution is -0.121. The number of hydrogen-bond donors (Lipinski definition) is 1. The second-order valence-electron chi connectivity index (χ2n) is 7.12. The van der Waals surface area contributed by atoms with Crippen molar-refractivity contribution in [1.82, 2.24) is 19.8 Å². The number of benzene rings is 1. The second kappa shape index (κ2) is 7.34. The maximum atomic E-state index is 13.3. The number of carbonyl (C=O) groups is 3. The van der Waals surface area contributed by atoms with Gasteiger partial charge in [-0.25, -0.2) is 4.98 Å². The van der Waals surface area contributed by atoms with E-state index < -0.39 is 6.04 Å². The monoisotopic (exact) mass is 419 g/mol. The molecule has 0 saturated carbocycles. The first-order valence-corrected chi connectivity index (χ1v) is 10.4. The summed E-state index contributed by atoms with van der Waals surface area (Å²) in [6.45, 7) is 0.702. The van der Waals surface area contributed by atoms with E-state index in [1.54, 1.807) is 27.2 Å². The van der Waals surface area contributed by atoms with Gasteiger partial charge in [0.05, 0.1) is 24.0 Å². The summed E-state index contributed by atoms with van der Waals surface area (Å²) in [5.74, 6) is -0.816. The molecule has 30 heavy (non-hydrogen) atoms. The highest BCUT2D eigenvalue weighted by atomic mass is 32.1. The first kappa shape index (κ1) is 18.4. The summed E-state index contributed by atoms with van der Waals surface area (Å²) >= 11 is 1.58. The Morgan fingerprint density at radius 2 is 2.03 bits per heavy atom. The zero-order chi connectivity index (χ0) is 20.7. The van der Waals surface area contributed by atoms with E-state index in [0.29, 0.717) is 17.8 Å². The van der Waals surface area contributed by atoms with Gasteiger partial charge in [-0.3, -0.25) is 19.4 Å². The maximum Gasteiger partial charge on any atom is 0.274 e. The molecule has 1 saturated heterocycles. The van der Waals surface area contributed by atoms with Crippen LogP contribution in [-0.2, 0) is 4.79 Å². The molecule has 0 spiro atoms. The van der Waals surface area contributed by atoms with Crippen LogP contribution in [0.4, 0.5) is 5.69 Å². The van der Waals surface area contributed by atoms with Crippen molar-refractivity contribution in [2.45, 2.75) is 6.04 Å². The standard InChI is InChI=1S/C21H17N5O3S/c27-19-18-11-25(21(29)17-10-22-4-5-23-17)6-7-26(18)20(28)15-9-13(1-2-16(15)24-19)14-3-8-30-12-14/h1-5,8-10,12,18H,6-7,11H2,(H,24,27)/t18-/m0/s1. The van der Waals surface area contributed by atoms with Gasteiger partial charge in [0.2, 0.25) is 5.91 Å². The Morgan fingerprint density at radius 3 is 2.80 bits per heavy atom. The van der Waals surface area contributed by atoms with Crippen LogP contribution in [0.15, 0.2) is 53.6 Å². The van der Waals surface area contributed by atoms with Crippen LogP contribution < -0.4 is 5.32 Å². The van der Waals surface area contributed by atoms with Crippen molar-refractivity contribution in [2.75, 3.05) is 25.0 Å². The molecule has 5 rings (SSSR count). The summed E-state index contributed by atoms with van der Waals surface area (Å²) in [6, 6.07) is 6.70. The smallest absolute Gasteiger partial charge is 0.274 e. The van der Waals surface area contributed by atoms with Crippen LogP contribution in [0.1, 0.15) is 20.8 Å². The lowest BCUT2D eigenvalue weighted by Crippen LogP contribution is -2.59. The molecule has 2 aromatic heterocycles. The minimum absolute atomic E-state index is 0.109. The number of carbonyl (C=O) groups excluding carboxylic acids is 3. The van der Waals surface area contributed by atoms with Gasteiger partial charge in [0.15, 0.2) is 0 Å². The van der Waals surface area contributed by atoms with E-state index in [1.807, 2.05) is 29.0 Å². The largest absolute Gasteiger partial charge is 0.333 e. The van der Waals surface area contributed by atoms with Gasteiger partial charge >= 0.3 is 0 Å². The normalized spacial score (nSPS) is 18.3. The highest BCUT2D eigenvalue weighted by Gasteiger charge is 2.40. The van der Waals surface area contributed by atoms with Gasteiger partial charge in [0.1, 0.15) is 11.7 Å². The third-order valence-corrected chi connectivity index (χ3v) is 6.06. The fourth-order valence-electron chi connectivity index (χ4n) is 3.82. The van der Waals surface area contributed by atoms with E-state index in [4.69, 9.17) is 0 Å². The van der Waals surface area contributed by atoms with E-state index in [0.717, 1.165) is 11.1 Å². The molecule has 2 aliphatic rings. The molecule has 9 heteroatoms. The van der Waals surface area contributed by atoms with Gasteiger partial charge in [-0.15, -0.1) is 0 Å². The van der Waals surface area contributed by atoms with Gasteiger partial charge in [0.25, 0.3) is 11.8 Å². The molecule has 0 unspecified atom stereocenters. The van der Waals surface area contributed by atoms with Crippen molar-refractivity contribution in [3.8, 4) is 11.1 Å². The number of piperazine rings is 1. The number of hydrogen-bond acceptors (Lipinski definition) is 6. The number of amides is 3. The number of aromatic nitrogens is 2. The molecule has 2 aliphatic heterocycles. The summed E-state index contributed by atoms with van der Waals surface area (Å²) in [5.41, 5.74) is 3.12. The summed E-state index contributed by atoms with van der Waals surface area (Å²) in [7, 11) is 0. The average Bonchev–Trinajstić information content (AvgIpc) is 3.30. The number of thiophene rings is 1. The Morgan fingerprint density at radius 1 is 1.13 bits per heavy atom. The number of rotatable bonds is 2. The Hall–Kier alpha value is -3.59. The van der Waals surface area contributed by atoms with Crippen molar-refractivity contribution in [1.29, 1.82) is 0 Å². The molecule has 8 nitrogen and oxygen atoms in total. The Bertz CT molecular complexity index is 1130. The molecule has 3 aromatic rings. The molecule has 3 amide bonds. The zero-order valence-electron chi connectivity index (χ0n) is 15.8. The first-order chi connectivity index (χ1) is 14.6. The van der Waals surface area contributed by atoms with Crippen LogP contribution in [-0.4, -0.2) is 63.2 Å². The van der Waals surface area contributed by atoms with Gasteiger partial charge in [-0.2, -0.15) is 11.3 Å². The second-order valence-corrected chi connectivity index (χ2v) is 7.90. The average molecular weight is 419 g/mol. The van der Waals surface area contributed by atoms with Crippen LogP contribution in [0.5, 0.6) is 0 Å². The molecule has 0 radical (unpaired) electrons. The third kappa shape index (κ3) is 3.13. The van der Waals surface area contributed by atoms with E-state index in [9.17, 15) is 14.4 Å². The SMILES string of the molecule is O=C1Nc2ccc(-c3ccsc3)cc2C(=O)N2CCN(C(=O)c3cnccn3)C[C@@H]12. The number of fused-ring (bicyclic) bond motifs is 2. The van der Waals surface area contributed by atoms with Crippen molar-refractivity contribution in [3.63, 3.8) is 0 Å². The quantitative estimate of drug-likeness (QED) is 0.687. The first-order valence-electron chi connectivity index (χ1n) is 9.45. The molecule has 1 fully saturated rings. The molecule has 4 heterocycles. The van der Waals surface area contributed by atoms with Crippen LogP contribution in [0.3, 0.4) is 0 Å². The summed E-state index contributed by atoms with van der Waals surface area (Å²) < 4.78 is 0. The summed E-state index contributed by atoms with van der Waals surface area (Å²) in [6.07, 6.45) is 4.34.